The van der Waals surface area contributed by atoms with E-state index < -0.39 is 0 Å². The average molecular weight is 258 g/mol. The molecule has 2 N–H and O–H groups in total. The Bertz CT molecular complexity index is 549. The van der Waals surface area contributed by atoms with Crippen LogP contribution in [-0.4, -0.2) is 11.9 Å². The van der Waals surface area contributed by atoms with Crippen LogP contribution >= 0.6 is 0 Å². The first-order valence-corrected chi connectivity index (χ1v) is 6.33. The van der Waals surface area contributed by atoms with Crippen molar-refractivity contribution in [3.63, 3.8) is 0 Å². The topological polar surface area (TPSA) is 29.3 Å². The zero-order valence-corrected chi connectivity index (χ0v) is 11.4. The predicted molar refractivity (Wildman–Crippen MR) is 77.2 cm³/mol. The number of anilines is 1. The van der Waals surface area contributed by atoms with Gasteiger partial charge in [-0.1, -0.05) is 24.3 Å². The Morgan fingerprint density at radius 2 is 1.74 bits per heavy atom. The molecule has 0 aliphatic heterocycles. The van der Waals surface area contributed by atoms with Crippen LogP contribution in [0.5, 0.6) is 0 Å². The highest BCUT2D eigenvalue weighted by Gasteiger charge is 2.06. The second-order valence-corrected chi connectivity index (χ2v) is 4.93. The van der Waals surface area contributed by atoms with Crippen LogP contribution in [0.2, 0.25) is 0 Å². The second kappa shape index (κ2) is 5.85. The fourth-order valence-electron chi connectivity index (χ4n) is 2.12. The minimum atomic E-state index is -0.196. The Hall–Kier alpha value is -1.87. The largest absolute Gasteiger partial charge is 0.399 e. The summed E-state index contributed by atoms with van der Waals surface area (Å²) in [5.74, 6) is -0.196. The van der Waals surface area contributed by atoms with Crippen molar-refractivity contribution in [2.45, 2.75) is 20.0 Å². The predicted octanol–water partition coefficient (Wildman–Crippen LogP) is 3.35. The molecule has 3 heteroatoms. The van der Waals surface area contributed by atoms with Gasteiger partial charge in [-0.25, -0.2) is 4.39 Å². The summed E-state index contributed by atoms with van der Waals surface area (Å²) >= 11 is 0. The maximum Gasteiger partial charge on any atom is 0.123 e. The number of nitrogen functional groups attached to an aromatic ring is 1. The van der Waals surface area contributed by atoms with E-state index in [0.29, 0.717) is 0 Å². The fraction of sp³-hybridized carbons (Fsp3) is 0.250. The maximum atomic E-state index is 12.8. The molecule has 0 aliphatic rings. The van der Waals surface area contributed by atoms with E-state index in [-0.39, 0.29) is 5.82 Å². The second-order valence-electron chi connectivity index (χ2n) is 4.93. The van der Waals surface area contributed by atoms with Gasteiger partial charge in [0.05, 0.1) is 0 Å². The molecule has 0 spiro atoms. The van der Waals surface area contributed by atoms with Crippen LogP contribution in [0, 0.1) is 12.7 Å². The van der Waals surface area contributed by atoms with E-state index in [4.69, 9.17) is 5.73 Å². The van der Waals surface area contributed by atoms with Crippen LogP contribution < -0.4 is 5.73 Å². The molecule has 2 aromatic carbocycles. The lowest BCUT2D eigenvalue weighted by molar-refractivity contribution is 0.318. The third kappa shape index (κ3) is 3.55. The molecule has 2 aromatic rings. The van der Waals surface area contributed by atoms with Crippen molar-refractivity contribution in [1.82, 2.24) is 4.90 Å². The quantitative estimate of drug-likeness (QED) is 0.852. The van der Waals surface area contributed by atoms with Crippen LogP contribution in [0.3, 0.4) is 0 Å². The lowest BCUT2D eigenvalue weighted by Crippen LogP contribution is -2.18. The van der Waals surface area contributed by atoms with Crippen molar-refractivity contribution < 1.29 is 4.39 Å². The van der Waals surface area contributed by atoms with Gasteiger partial charge in [-0.05, 0) is 48.9 Å². The Balaban J connectivity index is 2.03. The molecule has 0 heterocycles. The summed E-state index contributed by atoms with van der Waals surface area (Å²) in [5, 5.41) is 0. The fourth-order valence-corrected chi connectivity index (χ4v) is 2.12. The van der Waals surface area contributed by atoms with Gasteiger partial charge in [0, 0.05) is 18.8 Å². The van der Waals surface area contributed by atoms with Crippen LogP contribution in [0.1, 0.15) is 16.7 Å². The van der Waals surface area contributed by atoms with Gasteiger partial charge in [0.1, 0.15) is 5.82 Å². The monoisotopic (exact) mass is 258 g/mol. The molecule has 0 bridgehead atoms. The summed E-state index contributed by atoms with van der Waals surface area (Å²) in [6, 6.07) is 12.6. The lowest BCUT2D eigenvalue weighted by atomic mass is 10.1. The normalized spacial score (nSPS) is 10.9. The van der Waals surface area contributed by atoms with Crippen molar-refractivity contribution in [3.05, 3.63) is 65.0 Å². The number of halogens is 1. The maximum absolute atomic E-state index is 12.8. The average Bonchev–Trinajstić information content (AvgIpc) is 2.38. The first-order valence-electron chi connectivity index (χ1n) is 6.33. The minimum Gasteiger partial charge on any atom is -0.399 e. The molecular weight excluding hydrogens is 239 g/mol. The van der Waals surface area contributed by atoms with E-state index in [1.165, 1.54) is 17.7 Å². The summed E-state index contributed by atoms with van der Waals surface area (Å²) in [6.45, 7) is 3.65. The lowest BCUT2D eigenvalue weighted by Gasteiger charge is -2.18. The van der Waals surface area contributed by atoms with Crippen LogP contribution in [0.4, 0.5) is 10.1 Å². The number of nitrogens with zero attached hydrogens (tertiary/aromatic N) is 1. The van der Waals surface area contributed by atoms with Gasteiger partial charge < -0.3 is 5.73 Å². The van der Waals surface area contributed by atoms with Crippen molar-refractivity contribution in [2.75, 3.05) is 12.8 Å². The molecule has 19 heavy (non-hydrogen) atoms. The molecule has 0 radical (unpaired) electrons. The highest BCUT2D eigenvalue weighted by atomic mass is 19.1. The first-order chi connectivity index (χ1) is 9.06. The summed E-state index contributed by atoms with van der Waals surface area (Å²) in [6.07, 6.45) is 0. The third-order valence-corrected chi connectivity index (χ3v) is 3.29. The highest BCUT2D eigenvalue weighted by Crippen LogP contribution is 2.17. The smallest absolute Gasteiger partial charge is 0.123 e. The molecule has 2 rings (SSSR count). The van der Waals surface area contributed by atoms with Crippen molar-refractivity contribution in [2.24, 2.45) is 0 Å². The van der Waals surface area contributed by atoms with Crippen molar-refractivity contribution >= 4 is 5.69 Å². The number of hydrogen-bond acceptors (Lipinski definition) is 2. The van der Waals surface area contributed by atoms with E-state index in [2.05, 4.69) is 11.0 Å². The molecule has 0 aromatic heterocycles. The standard InChI is InChI=1S/C16H19FN2/c1-12-14(4-3-5-16(12)18)11-19(2)10-13-6-8-15(17)9-7-13/h3-9H,10-11,18H2,1-2H3. The Labute approximate surface area is 113 Å². The van der Waals surface area contributed by atoms with Crippen molar-refractivity contribution in [1.29, 1.82) is 0 Å². The van der Waals surface area contributed by atoms with E-state index in [1.807, 2.05) is 38.2 Å². The van der Waals surface area contributed by atoms with Crippen LogP contribution in [-0.2, 0) is 13.1 Å². The SMILES string of the molecule is Cc1c(N)cccc1CN(C)Cc1ccc(F)cc1. The Morgan fingerprint density at radius 1 is 1.05 bits per heavy atom. The minimum absolute atomic E-state index is 0.196. The van der Waals surface area contributed by atoms with E-state index in [9.17, 15) is 4.39 Å². The van der Waals surface area contributed by atoms with E-state index >= 15 is 0 Å². The molecule has 2 nitrogen and oxygen atoms in total. The first kappa shape index (κ1) is 13.6. The molecule has 0 saturated heterocycles. The van der Waals surface area contributed by atoms with E-state index in [0.717, 1.165) is 29.9 Å². The van der Waals surface area contributed by atoms with Crippen LogP contribution in [0.25, 0.3) is 0 Å². The van der Waals surface area contributed by atoms with Gasteiger partial charge in [-0.15, -0.1) is 0 Å². The zero-order chi connectivity index (χ0) is 13.8. The molecule has 0 saturated carbocycles. The molecular formula is C16H19FN2. The number of benzene rings is 2. The Kier molecular flexibility index (Phi) is 4.17. The summed E-state index contributed by atoms with van der Waals surface area (Å²) in [7, 11) is 2.05. The molecule has 0 aliphatic carbocycles. The highest BCUT2D eigenvalue weighted by molar-refractivity contribution is 5.49. The Morgan fingerprint density at radius 3 is 2.42 bits per heavy atom. The van der Waals surface area contributed by atoms with Gasteiger partial charge in [0.25, 0.3) is 0 Å². The molecule has 0 amide bonds. The van der Waals surface area contributed by atoms with Crippen LogP contribution in [0.15, 0.2) is 42.5 Å². The van der Waals surface area contributed by atoms with Crippen molar-refractivity contribution in [3.8, 4) is 0 Å². The molecule has 0 atom stereocenters. The van der Waals surface area contributed by atoms with Gasteiger partial charge in [-0.2, -0.15) is 0 Å². The molecule has 0 unspecified atom stereocenters. The number of rotatable bonds is 4. The molecule has 0 fully saturated rings. The van der Waals surface area contributed by atoms with Gasteiger partial charge in [-0.3, -0.25) is 4.90 Å². The number of hydrogen-bond donors (Lipinski definition) is 1. The van der Waals surface area contributed by atoms with Gasteiger partial charge >= 0.3 is 0 Å². The number of nitrogens with two attached hydrogens (primary N) is 1. The molecule has 100 valence electrons. The van der Waals surface area contributed by atoms with E-state index in [1.54, 1.807) is 0 Å². The summed E-state index contributed by atoms with van der Waals surface area (Å²) in [5.41, 5.74) is 10.2. The third-order valence-electron chi connectivity index (χ3n) is 3.29. The summed E-state index contributed by atoms with van der Waals surface area (Å²) < 4.78 is 12.8. The van der Waals surface area contributed by atoms with Gasteiger partial charge in [0.15, 0.2) is 0 Å². The summed E-state index contributed by atoms with van der Waals surface area (Å²) in [4.78, 5) is 2.19. The zero-order valence-electron chi connectivity index (χ0n) is 11.4. The van der Waals surface area contributed by atoms with Gasteiger partial charge in [0.2, 0.25) is 0 Å².